The molecular weight excluding hydrogens is 340 g/mol. The molecule has 0 bridgehead atoms. The molecule has 1 saturated heterocycles. The molecule has 4 rings (SSSR count). The van der Waals surface area contributed by atoms with Crippen LogP contribution in [-0.2, 0) is 11.3 Å². The molecule has 0 amide bonds. The van der Waals surface area contributed by atoms with Crippen molar-refractivity contribution in [1.82, 2.24) is 19.4 Å². The Labute approximate surface area is 151 Å². The summed E-state index contributed by atoms with van der Waals surface area (Å²) in [5.74, 6) is 1.37. The van der Waals surface area contributed by atoms with Crippen molar-refractivity contribution in [3.05, 3.63) is 16.2 Å². The third-order valence-electron chi connectivity index (χ3n) is 5.17. The van der Waals surface area contributed by atoms with E-state index in [1.54, 1.807) is 0 Å². The summed E-state index contributed by atoms with van der Waals surface area (Å²) in [7, 11) is 0. The highest BCUT2D eigenvalue weighted by Crippen LogP contribution is 2.32. The van der Waals surface area contributed by atoms with Crippen LogP contribution in [0.25, 0.3) is 0 Å². The van der Waals surface area contributed by atoms with E-state index in [9.17, 15) is 15.0 Å². The van der Waals surface area contributed by atoms with Gasteiger partial charge in [0.15, 0.2) is 0 Å². The lowest BCUT2D eigenvalue weighted by Gasteiger charge is -2.38. The number of ether oxygens (including phenoxy) is 1. The van der Waals surface area contributed by atoms with E-state index >= 15 is 0 Å². The number of aliphatic hydroxyl groups is 2. The molecule has 1 fully saturated rings. The fourth-order valence-electron chi connectivity index (χ4n) is 3.74. The average Bonchev–Trinajstić information content (AvgIpc) is 3.15. The Bertz CT molecular complexity index is 744. The number of guanidine groups is 1. The topological polar surface area (TPSA) is 118 Å². The molecule has 10 nitrogen and oxygen atoms in total. The van der Waals surface area contributed by atoms with Crippen LogP contribution in [0.4, 0.5) is 5.82 Å². The molecule has 1 aromatic rings. The van der Waals surface area contributed by atoms with E-state index in [1.807, 2.05) is 0 Å². The molecule has 0 spiro atoms. The summed E-state index contributed by atoms with van der Waals surface area (Å²) >= 11 is 0. The van der Waals surface area contributed by atoms with Crippen molar-refractivity contribution < 1.29 is 14.9 Å². The lowest BCUT2D eigenvalue weighted by atomic mass is 10.2. The summed E-state index contributed by atoms with van der Waals surface area (Å²) < 4.78 is 7.14. The smallest absolute Gasteiger partial charge is 0.329 e. The third-order valence-corrected chi connectivity index (χ3v) is 5.17. The zero-order chi connectivity index (χ0) is 18.3. The van der Waals surface area contributed by atoms with E-state index in [0.717, 1.165) is 37.7 Å². The molecule has 4 heterocycles. The molecule has 1 aromatic heterocycles. The minimum atomic E-state index is -0.790. The fourth-order valence-corrected chi connectivity index (χ4v) is 3.74. The van der Waals surface area contributed by atoms with Gasteiger partial charge in [0.1, 0.15) is 18.1 Å². The molecule has 0 aromatic carbocycles. The summed E-state index contributed by atoms with van der Waals surface area (Å²) in [5, 5.41) is 22.5. The largest absolute Gasteiger partial charge is 0.394 e. The van der Waals surface area contributed by atoms with E-state index in [-0.39, 0.29) is 18.7 Å². The van der Waals surface area contributed by atoms with Gasteiger partial charge in [-0.15, -0.1) is 0 Å². The molecule has 0 aliphatic carbocycles. The molecule has 3 aliphatic heterocycles. The van der Waals surface area contributed by atoms with Crippen LogP contribution in [0.3, 0.4) is 0 Å². The number of H-pyrrole nitrogens is 1. The third kappa shape index (κ3) is 3.02. The van der Waals surface area contributed by atoms with Crippen molar-refractivity contribution in [1.29, 1.82) is 0 Å². The van der Waals surface area contributed by atoms with Crippen molar-refractivity contribution >= 4 is 11.8 Å². The fraction of sp³-hybridized carbons (Fsp3) is 0.750. The predicted molar refractivity (Wildman–Crippen MR) is 94.6 cm³/mol. The SMILES string of the molecule is CCCCN1CN=C2Nc3c([nH]c(=O)n3[C@H]3C[C@H](O)[C@@H](CO)O3)CN2C1. The predicted octanol–water partition coefficient (Wildman–Crippen LogP) is -0.569. The van der Waals surface area contributed by atoms with Gasteiger partial charge in [-0.1, -0.05) is 13.3 Å². The Morgan fingerprint density at radius 2 is 2.27 bits per heavy atom. The monoisotopic (exact) mass is 366 g/mol. The maximum absolute atomic E-state index is 12.5. The number of aliphatic imine (C=N–C) groups is 1. The lowest BCUT2D eigenvalue weighted by Crippen LogP contribution is -2.51. The standard InChI is InChI=1S/C16H26N6O4/c1-2-3-4-20-8-17-15-19-14-10(6-21(15)9-20)18-16(25)22(14)13-5-11(24)12(7-23)26-13/h11-13,23-24H,2-9H2,1H3,(H,17,19)(H,18,25)/t11-,12+,13+/m0/s1. The van der Waals surface area contributed by atoms with Crippen LogP contribution in [0.1, 0.15) is 38.1 Å². The summed E-state index contributed by atoms with van der Waals surface area (Å²) in [5.41, 5.74) is 0.485. The van der Waals surface area contributed by atoms with Gasteiger partial charge in [-0.25, -0.2) is 9.79 Å². The Hall–Kier alpha value is -1.88. The van der Waals surface area contributed by atoms with E-state index in [0.29, 0.717) is 19.0 Å². The number of unbranched alkanes of at least 4 members (excludes halogenated alkanes) is 1. The number of aromatic amines is 1. The van der Waals surface area contributed by atoms with Gasteiger partial charge in [-0.05, 0) is 6.42 Å². The number of imidazole rings is 1. The summed E-state index contributed by atoms with van der Waals surface area (Å²) in [6, 6.07) is 0. The summed E-state index contributed by atoms with van der Waals surface area (Å²) in [6.45, 7) is 4.86. The quantitative estimate of drug-likeness (QED) is 0.551. The first kappa shape index (κ1) is 17.5. The zero-order valence-electron chi connectivity index (χ0n) is 14.9. The van der Waals surface area contributed by atoms with Crippen molar-refractivity contribution in [2.24, 2.45) is 4.99 Å². The molecular formula is C16H26N6O4. The van der Waals surface area contributed by atoms with Crippen molar-refractivity contribution in [3.8, 4) is 0 Å². The minimum absolute atomic E-state index is 0.262. The van der Waals surface area contributed by atoms with E-state index < -0.39 is 18.4 Å². The Morgan fingerprint density at radius 1 is 1.42 bits per heavy atom. The number of hydrogen-bond acceptors (Lipinski definition) is 8. The molecule has 144 valence electrons. The zero-order valence-corrected chi connectivity index (χ0v) is 14.9. The van der Waals surface area contributed by atoms with Gasteiger partial charge in [-0.2, -0.15) is 0 Å². The highest BCUT2D eigenvalue weighted by atomic mass is 16.5. The van der Waals surface area contributed by atoms with Gasteiger partial charge in [0.05, 0.1) is 38.3 Å². The molecule has 3 aliphatic rings. The molecule has 3 atom stereocenters. The molecule has 26 heavy (non-hydrogen) atoms. The van der Waals surface area contributed by atoms with Crippen LogP contribution in [0.2, 0.25) is 0 Å². The van der Waals surface area contributed by atoms with Crippen LogP contribution in [0.5, 0.6) is 0 Å². The lowest BCUT2D eigenvalue weighted by molar-refractivity contribution is -0.0447. The van der Waals surface area contributed by atoms with Crippen LogP contribution >= 0.6 is 0 Å². The summed E-state index contributed by atoms with van der Waals surface area (Å²) in [6.07, 6.45) is 0.473. The number of aliphatic hydroxyl groups excluding tert-OH is 2. The van der Waals surface area contributed by atoms with E-state index in [2.05, 4.69) is 32.0 Å². The molecule has 10 heteroatoms. The van der Waals surface area contributed by atoms with Crippen LogP contribution < -0.4 is 11.0 Å². The Kier molecular flexibility index (Phi) is 4.74. The number of nitrogens with one attached hydrogen (secondary N) is 2. The number of anilines is 1. The average molecular weight is 366 g/mol. The maximum Gasteiger partial charge on any atom is 0.329 e. The second kappa shape index (κ2) is 7.03. The maximum atomic E-state index is 12.5. The van der Waals surface area contributed by atoms with E-state index in [4.69, 9.17) is 4.74 Å². The first-order valence-electron chi connectivity index (χ1n) is 9.17. The Balaban J connectivity index is 1.55. The van der Waals surface area contributed by atoms with Gasteiger partial charge < -0.3 is 30.2 Å². The number of fused-ring (bicyclic) bond motifs is 2. The van der Waals surface area contributed by atoms with Crippen LogP contribution in [0, 0.1) is 0 Å². The van der Waals surface area contributed by atoms with Crippen molar-refractivity contribution in [3.63, 3.8) is 0 Å². The van der Waals surface area contributed by atoms with Gasteiger partial charge >= 0.3 is 5.69 Å². The van der Waals surface area contributed by atoms with E-state index in [1.165, 1.54) is 4.57 Å². The van der Waals surface area contributed by atoms with Gasteiger partial charge in [-0.3, -0.25) is 9.47 Å². The normalized spacial score (nSPS) is 28.5. The second-order valence-corrected chi connectivity index (χ2v) is 7.08. The van der Waals surface area contributed by atoms with Crippen LogP contribution in [-0.4, -0.2) is 74.2 Å². The first-order valence-corrected chi connectivity index (χ1v) is 9.17. The second-order valence-electron chi connectivity index (χ2n) is 7.08. The number of aromatic nitrogens is 2. The number of nitrogens with zero attached hydrogens (tertiary/aromatic N) is 4. The van der Waals surface area contributed by atoms with Crippen molar-refractivity contribution in [2.75, 3.05) is 31.8 Å². The minimum Gasteiger partial charge on any atom is -0.394 e. The molecule has 4 N–H and O–H groups in total. The highest BCUT2D eigenvalue weighted by molar-refractivity contribution is 5.95. The number of rotatable bonds is 5. The first-order chi connectivity index (χ1) is 12.6. The summed E-state index contributed by atoms with van der Waals surface area (Å²) in [4.78, 5) is 24.3. The molecule has 0 radical (unpaired) electrons. The molecule has 0 saturated carbocycles. The van der Waals surface area contributed by atoms with Gasteiger partial charge in [0, 0.05) is 13.0 Å². The molecule has 0 unspecified atom stereocenters. The number of hydrogen-bond donors (Lipinski definition) is 4. The van der Waals surface area contributed by atoms with Crippen LogP contribution in [0.15, 0.2) is 9.79 Å². The van der Waals surface area contributed by atoms with Gasteiger partial charge in [0.2, 0.25) is 5.96 Å². The van der Waals surface area contributed by atoms with Crippen molar-refractivity contribution in [2.45, 2.75) is 51.2 Å². The van der Waals surface area contributed by atoms with Gasteiger partial charge in [0.25, 0.3) is 0 Å². The Morgan fingerprint density at radius 3 is 3.00 bits per heavy atom. The highest BCUT2D eigenvalue weighted by Gasteiger charge is 2.38.